The summed E-state index contributed by atoms with van der Waals surface area (Å²) in [6.45, 7) is 9.85. The second kappa shape index (κ2) is 14.5. The van der Waals surface area contributed by atoms with Gasteiger partial charge in [-0.2, -0.15) is 0 Å². The van der Waals surface area contributed by atoms with E-state index < -0.39 is 17.4 Å². The molecule has 0 fully saturated rings. The Kier molecular flexibility index (Phi) is 15.3. The average molecular weight is 331 g/mol. The molecule has 0 amide bonds. The Hall–Kier alpha value is -1.06. The molecule has 0 aromatic carbocycles. The van der Waals surface area contributed by atoms with Crippen molar-refractivity contribution < 1.29 is 19.8 Å². The molecule has 23 heavy (non-hydrogen) atoms. The molecule has 4 nitrogen and oxygen atoms in total. The molecule has 0 aromatic rings. The van der Waals surface area contributed by atoms with E-state index in [0.29, 0.717) is 6.42 Å². The van der Waals surface area contributed by atoms with E-state index in [2.05, 4.69) is 13.8 Å². The molecule has 138 valence electrons. The largest absolute Gasteiger partial charge is 0.481 e. The standard InChI is InChI=1S/C10H20O2.C9H18O2/c1-2-3-4-5-6-7-8-9-10(11)12;1-5-6-7(2)9(3,4)8(10)11/h2-9H2,1H3,(H,11,12);7H,5-6H2,1-4H3,(H,10,11). The Morgan fingerprint density at radius 1 is 0.870 bits per heavy atom. The molecule has 0 heterocycles. The number of carboxylic acids is 2. The van der Waals surface area contributed by atoms with Gasteiger partial charge in [0.2, 0.25) is 0 Å². The highest BCUT2D eigenvalue weighted by Crippen LogP contribution is 2.29. The topological polar surface area (TPSA) is 74.6 Å². The van der Waals surface area contributed by atoms with Crippen LogP contribution in [0, 0.1) is 11.3 Å². The summed E-state index contributed by atoms with van der Waals surface area (Å²) in [5.74, 6) is -1.10. The van der Waals surface area contributed by atoms with E-state index in [1.165, 1.54) is 32.1 Å². The molecule has 0 radical (unpaired) electrons. The third kappa shape index (κ3) is 14.3. The Morgan fingerprint density at radius 2 is 1.35 bits per heavy atom. The summed E-state index contributed by atoms with van der Waals surface area (Å²) in [4.78, 5) is 20.9. The van der Waals surface area contributed by atoms with E-state index in [9.17, 15) is 9.59 Å². The predicted molar refractivity (Wildman–Crippen MR) is 95.7 cm³/mol. The van der Waals surface area contributed by atoms with Crippen molar-refractivity contribution in [1.29, 1.82) is 0 Å². The van der Waals surface area contributed by atoms with Gasteiger partial charge < -0.3 is 10.2 Å². The fourth-order valence-electron chi connectivity index (χ4n) is 2.24. The van der Waals surface area contributed by atoms with Gasteiger partial charge in [0.15, 0.2) is 0 Å². The third-order valence-corrected chi connectivity index (χ3v) is 4.50. The summed E-state index contributed by atoms with van der Waals surface area (Å²) < 4.78 is 0. The summed E-state index contributed by atoms with van der Waals surface area (Å²) in [6, 6.07) is 0. The van der Waals surface area contributed by atoms with Crippen molar-refractivity contribution in [3.8, 4) is 0 Å². The third-order valence-electron chi connectivity index (χ3n) is 4.50. The average Bonchev–Trinajstić information content (AvgIpc) is 2.46. The minimum absolute atomic E-state index is 0.255. The second-order valence-corrected chi connectivity index (χ2v) is 6.98. The maximum absolute atomic E-state index is 10.7. The van der Waals surface area contributed by atoms with Gasteiger partial charge in [0.25, 0.3) is 0 Å². The summed E-state index contributed by atoms with van der Waals surface area (Å²) in [7, 11) is 0. The quantitative estimate of drug-likeness (QED) is 0.447. The first-order chi connectivity index (χ1) is 10.7. The van der Waals surface area contributed by atoms with E-state index >= 15 is 0 Å². The van der Waals surface area contributed by atoms with Crippen LogP contribution in [0.15, 0.2) is 0 Å². The van der Waals surface area contributed by atoms with E-state index in [1.807, 2.05) is 6.92 Å². The molecule has 1 atom stereocenters. The van der Waals surface area contributed by atoms with E-state index in [0.717, 1.165) is 25.7 Å². The molecular formula is C19H38O4. The summed E-state index contributed by atoms with van der Waals surface area (Å²) in [5, 5.41) is 17.2. The van der Waals surface area contributed by atoms with Gasteiger partial charge in [0, 0.05) is 6.42 Å². The lowest BCUT2D eigenvalue weighted by Crippen LogP contribution is -2.30. The van der Waals surface area contributed by atoms with Crippen molar-refractivity contribution in [2.45, 2.75) is 98.8 Å². The Labute approximate surface area is 142 Å². The Morgan fingerprint density at radius 3 is 1.74 bits per heavy atom. The fraction of sp³-hybridized carbons (Fsp3) is 0.895. The van der Waals surface area contributed by atoms with Gasteiger partial charge >= 0.3 is 11.9 Å². The number of rotatable bonds is 12. The highest BCUT2D eigenvalue weighted by Gasteiger charge is 2.32. The number of aliphatic carboxylic acids is 2. The van der Waals surface area contributed by atoms with Crippen molar-refractivity contribution in [2.75, 3.05) is 0 Å². The molecule has 0 bridgehead atoms. The molecule has 0 aliphatic rings. The fourth-order valence-corrected chi connectivity index (χ4v) is 2.24. The van der Waals surface area contributed by atoms with E-state index in [-0.39, 0.29) is 5.92 Å². The van der Waals surface area contributed by atoms with Gasteiger partial charge in [-0.05, 0) is 32.6 Å². The van der Waals surface area contributed by atoms with Gasteiger partial charge in [-0.1, -0.05) is 65.7 Å². The first-order valence-electron chi connectivity index (χ1n) is 9.15. The monoisotopic (exact) mass is 330 g/mol. The van der Waals surface area contributed by atoms with Gasteiger partial charge in [-0.25, -0.2) is 0 Å². The number of hydrogen-bond donors (Lipinski definition) is 2. The van der Waals surface area contributed by atoms with Crippen LogP contribution in [-0.2, 0) is 9.59 Å². The molecular weight excluding hydrogens is 292 g/mol. The zero-order valence-corrected chi connectivity index (χ0v) is 15.9. The van der Waals surface area contributed by atoms with Crippen LogP contribution in [-0.4, -0.2) is 22.2 Å². The lowest BCUT2D eigenvalue weighted by Gasteiger charge is -2.26. The molecule has 1 unspecified atom stereocenters. The summed E-state index contributed by atoms with van der Waals surface area (Å²) in [5.41, 5.74) is -0.573. The van der Waals surface area contributed by atoms with Crippen molar-refractivity contribution in [3.05, 3.63) is 0 Å². The van der Waals surface area contributed by atoms with Crippen LogP contribution in [0.3, 0.4) is 0 Å². The van der Waals surface area contributed by atoms with Crippen molar-refractivity contribution in [1.82, 2.24) is 0 Å². The van der Waals surface area contributed by atoms with Crippen molar-refractivity contribution in [3.63, 3.8) is 0 Å². The van der Waals surface area contributed by atoms with Crippen LogP contribution in [0.5, 0.6) is 0 Å². The van der Waals surface area contributed by atoms with Gasteiger partial charge in [0.05, 0.1) is 5.41 Å². The first-order valence-corrected chi connectivity index (χ1v) is 9.15. The molecule has 0 spiro atoms. The zero-order chi connectivity index (χ0) is 18.3. The summed E-state index contributed by atoms with van der Waals surface area (Å²) in [6.07, 6.45) is 10.7. The van der Waals surface area contributed by atoms with E-state index in [1.54, 1.807) is 13.8 Å². The SMILES string of the molecule is CCCC(C)C(C)(C)C(=O)O.CCCCCCCCCC(=O)O. The predicted octanol–water partition coefficient (Wildman–Crippen LogP) is 5.75. The zero-order valence-electron chi connectivity index (χ0n) is 15.9. The van der Waals surface area contributed by atoms with Crippen LogP contribution < -0.4 is 0 Å². The molecule has 0 rings (SSSR count). The molecule has 0 aromatic heterocycles. The molecule has 0 aliphatic carbocycles. The van der Waals surface area contributed by atoms with Gasteiger partial charge in [0.1, 0.15) is 0 Å². The maximum Gasteiger partial charge on any atom is 0.309 e. The highest BCUT2D eigenvalue weighted by atomic mass is 16.4. The number of hydrogen-bond acceptors (Lipinski definition) is 2. The molecule has 4 heteroatoms. The minimum Gasteiger partial charge on any atom is -0.481 e. The lowest BCUT2D eigenvalue weighted by atomic mass is 9.78. The Balaban J connectivity index is 0. The van der Waals surface area contributed by atoms with Crippen LogP contribution >= 0.6 is 0 Å². The lowest BCUT2D eigenvalue weighted by molar-refractivity contribution is -0.149. The van der Waals surface area contributed by atoms with Gasteiger partial charge in [-0.3, -0.25) is 9.59 Å². The van der Waals surface area contributed by atoms with Crippen LogP contribution in [0.4, 0.5) is 0 Å². The number of carbonyl (C=O) groups is 2. The van der Waals surface area contributed by atoms with Crippen molar-refractivity contribution in [2.24, 2.45) is 11.3 Å². The molecule has 0 aliphatic heterocycles. The minimum atomic E-state index is -0.696. The maximum atomic E-state index is 10.7. The molecule has 2 N–H and O–H groups in total. The molecule has 0 saturated carbocycles. The van der Waals surface area contributed by atoms with Crippen LogP contribution in [0.2, 0.25) is 0 Å². The highest BCUT2D eigenvalue weighted by molar-refractivity contribution is 5.73. The second-order valence-electron chi connectivity index (χ2n) is 6.98. The normalized spacial score (nSPS) is 12.2. The smallest absolute Gasteiger partial charge is 0.309 e. The van der Waals surface area contributed by atoms with Crippen molar-refractivity contribution >= 4 is 11.9 Å². The van der Waals surface area contributed by atoms with Crippen LogP contribution in [0.1, 0.15) is 98.8 Å². The van der Waals surface area contributed by atoms with Gasteiger partial charge in [-0.15, -0.1) is 0 Å². The number of carboxylic acid groups (broad SMARTS) is 2. The first kappa shape index (κ1) is 24.2. The van der Waals surface area contributed by atoms with Crippen LogP contribution in [0.25, 0.3) is 0 Å². The summed E-state index contributed by atoms with van der Waals surface area (Å²) >= 11 is 0. The number of unbranched alkanes of at least 4 members (excludes halogenated alkanes) is 6. The molecule has 0 saturated heterocycles. The van der Waals surface area contributed by atoms with E-state index in [4.69, 9.17) is 10.2 Å². The Bertz CT molecular complexity index is 310.